The fourth-order valence-corrected chi connectivity index (χ4v) is 2.25. The molecule has 19 heavy (non-hydrogen) atoms. The molecule has 0 saturated carbocycles. The van der Waals surface area contributed by atoms with E-state index in [0.29, 0.717) is 19.4 Å². The van der Waals surface area contributed by atoms with Crippen LogP contribution in [0.3, 0.4) is 0 Å². The van der Waals surface area contributed by atoms with E-state index in [0.717, 1.165) is 32.4 Å². The first-order chi connectivity index (χ1) is 8.47. The highest BCUT2D eigenvalue weighted by Gasteiger charge is 2.26. The molecular weight excluding hydrogens is 266 g/mol. The Morgan fingerprint density at radius 3 is 2.74 bits per heavy atom. The third kappa shape index (κ3) is 5.78. The highest BCUT2D eigenvalue weighted by molar-refractivity contribution is 5.85. The van der Waals surface area contributed by atoms with Crippen molar-refractivity contribution in [2.75, 3.05) is 19.6 Å². The molecule has 1 aliphatic rings. The molecule has 0 bridgehead atoms. The Morgan fingerprint density at radius 2 is 2.21 bits per heavy atom. The third-order valence-corrected chi connectivity index (χ3v) is 3.35. The molecule has 0 aromatic heterocycles. The Hall–Kier alpha value is -0.810. The summed E-state index contributed by atoms with van der Waals surface area (Å²) in [6, 6.07) is 0. The van der Waals surface area contributed by atoms with Crippen LogP contribution in [0, 0.1) is 0 Å². The van der Waals surface area contributed by atoms with Gasteiger partial charge in [0.2, 0.25) is 11.8 Å². The molecule has 0 spiro atoms. The van der Waals surface area contributed by atoms with Gasteiger partial charge in [0.1, 0.15) is 0 Å². The zero-order valence-electron chi connectivity index (χ0n) is 11.9. The largest absolute Gasteiger partial charge is 0.354 e. The molecule has 2 amide bonds. The zero-order valence-corrected chi connectivity index (χ0v) is 12.7. The normalized spacial score (nSPS) is 17.8. The van der Waals surface area contributed by atoms with Gasteiger partial charge in [-0.2, -0.15) is 0 Å². The number of hydrogen-bond donors (Lipinski definition) is 2. The Balaban J connectivity index is 0.00000324. The summed E-state index contributed by atoms with van der Waals surface area (Å²) < 4.78 is 0. The first-order valence-corrected chi connectivity index (χ1v) is 6.82. The molecule has 1 rings (SSSR count). The molecule has 0 aromatic rings. The van der Waals surface area contributed by atoms with Crippen molar-refractivity contribution in [1.29, 1.82) is 0 Å². The number of nitrogens with two attached hydrogens (primary N) is 1. The molecule has 5 nitrogen and oxygen atoms in total. The number of nitrogens with one attached hydrogen (secondary N) is 1. The van der Waals surface area contributed by atoms with Gasteiger partial charge >= 0.3 is 0 Å². The maximum Gasteiger partial charge on any atom is 0.239 e. The Kier molecular flexibility index (Phi) is 8.02. The minimum absolute atomic E-state index is 0. The Bertz CT molecular complexity index is 308. The number of amides is 2. The van der Waals surface area contributed by atoms with Crippen LogP contribution in [-0.4, -0.2) is 41.9 Å². The van der Waals surface area contributed by atoms with Crippen LogP contribution in [0.4, 0.5) is 0 Å². The van der Waals surface area contributed by atoms with Crippen molar-refractivity contribution < 1.29 is 9.59 Å². The SMILES string of the molecule is CCCC(C)(N)C(=O)NCCCN1CCCC1=O.Cl. The predicted octanol–water partition coefficient (Wildman–Crippen LogP) is 1.05. The van der Waals surface area contributed by atoms with E-state index in [1.54, 1.807) is 6.92 Å². The first kappa shape index (κ1) is 18.2. The van der Waals surface area contributed by atoms with Crippen molar-refractivity contribution in [2.45, 2.75) is 51.5 Å². The lowest BCUT2D eigenvalue weighted by atomic mass is 9.96. The number of rotatable bonds is 7. The van der Waals surface area contributed by atoms with Crippen molar-refractivity contribution >= 4 is 24.2 Å². The van der Waals surface area contributed by atoms with Gasteiger partial charge in [0, 0.05) is 26.1 Å². The summed E-state index contributed by atoms with van der Waals surface area (Å²) in [5, 5.41) is 2.84. The lowest BCUT2D eigenvalue weighted by Gasteiger charge is -2.23. The summed E-state index contributed by atoms with van der Waals surface area (Å²) in [7, 11) is 0. The van der Waals surface area contributed by atoms with E-state index in [2.05, 4.69) is 5.32 Å². The third-order valence-electron chi connectivity index (χ3n) is 3.35. The zero-order chi connectivity index (χ0) is 13.6. The van der Waals surface area contributed by atoms with E-state index >= 15 is 0 Å². The standard InChI is InChI=1S/C13H25N3O2.ClH/c1-3-7-13(2,14)12(18)15-8-5-10-16-9-4-6-11(16)17;/h3-10,14H2,1-2H3,(H,15,18);1H. The second-order valence-electron chi connectivity index (χ2n) is 5.26. The van der Waals surface area contributed by atoms with Crippen molar-refractivity contribution in [2.24, 2.45) is 5.73 Å². The molecule has 0 radical (unpaired) electrons. The molecule has 1 saturated heterocycles. The second-order valence-corrected chi connectivity index (χ2v) is 5.26. The summed E-state index contributed by atoms with van der Waals surface area (Å²) in [5.74, 6) is 0.132. The summed E-state index contributed by atoms with van der Waals surface area (Å²) in [4.78, 5) is 25.0. The van der Waals surface area contributed by atoms with Crippen LogP contribution < -0.4 is 11.1 Å². The minimum atomic E-state index is -0.780. The van der Waals surface area contributed by atoms with Crippen LogP contribution in [0.2, 0.25) is 0 Å². The van der Waals surface area contributed by atoms with Crippen LogP contribution in [0.1, 0.15) is 46.0 Å². The van der Waals surface area contributed by atoms with Crippen LogP contribution in [0.5, 0.6) is 0 Å². The predicted molar refractivity (Wildman–Crippen MR) is 78.2 cm³/mol. The molecular formula is C13H26ClN3O2. The monoisotopic (exact) mass is 291 g/mol. The van der Waals surface area contributed by atoms with Crippen molar-refractivity contribution in [1.82, 2.24) is 10.2 Å². The van der Waals surface area contributed by atoms with E-state index in [9.17, 15) is 9.59 Å². The van der Waals surface area contributed by atoms with E-state index in [4.69, 9.17) is 5.73 Å². The maximum atomic E-state index is 11.8. The van der Waals surface area contributed by atoms with Gasteiger partial charge in [-0.25, -0.2) is 0 Å². The molecule has 112 valence electrons. The summed E-state index contributed by atoms with van der Waals surface area (Å²) in [6.07, 6.45) is 4.00. The molecule has 3 N–H and O–H groups in total. The van der Waals surface area contributed by atoms with Crippen molar-refractivity contribution in [3.8, 4) is 0 Å². The topological polar surface area (TPSA) is 75.4 Å². The number of nitrogens with zero attached hydrogens (tertiary/aromatic N) is 1. The highest BCUT2D eigenvalue weighted by Crippen LogP contribution is 2.10. The average Bonchev–Trinajstić information content (AvgIpc) is 2.70. The molecule has 0 aliphatic carbocycles. The van der Waals surface area contributed by atoms with Gasteiger partial charge in [0.25, 0.3) is 0 Å². The smallest absolute Gasteiger partial charge is 0.239 e. The van der Waals surface area contributed by atoms with E-state index in [1.807, 2.05) is 11.8 Å². The van der Waals surface area contributed by atoms with Gasteiger partial charge in [-0.1, -0.05) is 13.3 Å². The van der Waals surface area contributed by atoms with E-state index in [1.165, 1.54) is 0 Å². The average molecular weight is 292 g/mol. The van der Waals surface area contributed by atoms with Gasteiger partial charge < -0.3 is 16.0 Å². The van der Waals surface area contributed by atoms with Crippen LogP contribution in [-0.2, 0) is 9.59 Å². The van der Waals surface area contributed by atoms with Gasteiger partial charge in [-0.15, -0.1) is 12.4 Å². The number of carbonyl (C=O) groups is 2. The van der Waals surface area contributed by atoms with Gasteiger partial charge in [-0.3, -0.25) is 9.59 Å². The number of likely N-dealkylation sites (tertiary alicyclic amines) is 1. The molecule has 1 heterocycles. The van der Waals surface area contributed by atoms with Crippen molar-refractivity contribution in [3.63, 3.8) is 0 Å². The van der Waals surface area contributed by atoms with Gasteiger partial charge in [0.15, 0.2) is 0 Å². The van der Waals surface area contributed by atoms with E-state index in [-0.39, 0.29) is 24.2 Å². The van der Waals surface area contributed by atoms with E-state index < -0.39 is 5.54 Å². The van der Waals surface area contributed by atoms with Gasteiger partial charge in [-0.05, 0) is 26.2 Å². The first-order valence-electron chi connectivity index (χ1n) is 6.82. The molecule has 1 unspecified atom stereocenters. The quantitative estimate of drug-likeness (QED) is 0.689. The summed E-state index contributed by atoms with van der Waals surface area (Å²) in [5.41, 5.74) is 5.14. The lowest BCUT2D eigenvalue weighted by molar-refractivity contribution is -0.127. The number of hydrogen-bond acceptors (Lipinski definition) is 3. The van der Waals surface area contributed by atoms with Gasteiger partial charge in [0.05, 0.1) is 5.54 Å². The lowest BCUT2D eigenvalue weighted by Crippen LogP contribution is -2.51. The summed E-state index contributed by atoms with van der Waals surface area (Å²) >= 11 is 0. The second kappa shape index (κ2) is 8.38. The molecule has 1 atom stereocenters. The number of carbonyl (C=O) groups excluding carboxylic acids is 2. The minimum Gasteiger partial charge on any atom is -0.354 e. The fraction of sp³-hybridized carbons (Fsp3) is 0.846. The van der Waals surface area contributed by atoms with Crippen LogP contribution in [0.25, 0.3) is 0 Å². The Morgan fingerprint density at radius 1 is 1.53 bits per heavy atom. The molecule has 0 aromatic carbocycles. The Labute approximate surface area is 121 Å². The molecule has 1 fully saturated rings. The maximum absolute atomic E-state index is 11.8. The summed E-state index contributed by atoms with van der Waals surface area (Å²) in [6.45, 7) is 5.94. The number of halogens is 1. The van der Waals surface area contributed by atoms with Crippen LogP contribution >= 0.6 is 12.4 Å². The molecule has 6 heteroatoms. The van der Waals surface area contributed by atoms with Crippen LogP contribution in [0.15, 0.2) is 0 Å². The highest BCUT2D eigenvalue weighted by atomic mass is 35.5. The fourth-order valence-electron chi connectivity index (χ4n) is 2.25. The molecule has 1 aliphatic heterocycles. The van der Waals surface area contributed by atoms with Crippen molar-refractivity contribution in [3.05, 3.63) is 0 Å².